The predicted molar refractivity (Wildman–Crippen MR) is 108 cm³/mol. The van der Waals surface area contributed by atoms with Crippen molar-refractivity contribution in [2.75, 3.05) is 11.9 Å². The number of carbonyl (C=O) groups excluding carboxylic acids is 1. The van der Waals surface area contributed by atoms with E-state index in [9.17, 15) is 4.79 Å². The molecule has 0 bridgehead atoms. The summed E-state index contributed by atoms with van der Waals surface area (Å²) >= 11 is 0. The molecule has 0 aromatic heterocycles. The lowest BCUT2D eigenvalue weighted by Crippen LogP contribution is -2.11. The maximum Gasteiger partial charge on any atom is 0.255 e. The molecule has 0 atom stereocenters. The molecule has 0 radical (unpaired) electrons. The quantitative estimate of drug-likeness (QED) is 0.504. The molecule has 3 heteroatoms. The van der Waals surface area contributed by atoms with Crippen molar-refractivity contribution >= 4 is 22.4 Å². The van der Waals surface area contributed by atoms with Crippen molar-refractivity contribution in [1.82, 2.24) is 0 Å². The van der Waals surface area contributed by atoms with Crippen LogP contribution in [-0.4, -0.2) is 12.5 Å². The number of nitrogens with one attached hydrogen (secondary N) is 1. The van der Waals surface area contributed by atoms with Gasteiger partial charge in [-0.3, -0.25) is 4.79 Å². The fraction of sp³-hybridized carbons (Fsp3) is 0.261. The van der Waals surface area contributed by atoms with Gasteiger partial charge in [-0.15, -0.1) is 0 Å². The Hall–Kier alpha value is -2.81. The fourth-order valence-corrected chi connectivity index (χ4v) is 2.89. The molecule has 0 unspecified atom stereocenters. The van der Waals surface area contributed by atoms with Crippen LogP contribution >= 0.6 is 0 Å². The summed E-state index contributed by atoms with van der Waals surface area (Å²) in [5.41, 5.74) is 1.42. The summed E-state index contributed by atoms with van der Waals surface area (Å²) in [6.45, 7) is 2.92. The van der Waals surface area contributed by atoms with E-state index in [2.05, 4.69) is 18.3 Å². The smallest absolute Gasteiger partial charge is 0.255 e. The monoisotopic (exact) mass is 347 g/mol. The van der Waals surface area contributed by atoms with Crippen molar-refractivity contribution in [3.63, 3.8) is 0 Å². The molecular formula is C23H25NO2. The van der Waals surface area contributed by atoms with Gasteiger partial charge < -0.3 is 10.1 Å². The van der Waals surface area contributed by atoms with Crippen molar-refractivity contribution < 1.29 is 9.53 Å². The lowest BCUT2D eigenvalue weighted by Gasteiger charge is -2.09. The minimum Gasteiger partial charge on any atom is -0.494 e. The number of hydrogen-bond donors (Lipinski definition) is 1. The Morgan fingerprint density at radius 1 is 0.885 bits per heavy atom. The molecule has 3 aromatic carbocycles. The molecule has 1 amide bonds. The van der Waals surface area contributed by atoms with Crippen LogP contribution in [0.4, 0.5) is 5.69 Å². The summed E-state index contributed by atoms with van der Waals surface area (Å²) < 4.78 is 5.72. The van der Waals surface area contributed by atoms with Crippen molar-refractivity contribution in [1.29, 1.82) is 0 Å². The molecule has 3 aromatic rings. The summed E-state index contributed by atoms with van der Waals surface area (Å²) in [4.78, 5) is 12.4. The van der Waals surface area contributed by atoms with E-state index in [1.165, 1.54) is 19.3 Å². The van der Waals surface area contributed by atoms with Gasteiger partial charge in [-0.05, 0) is 53.6 Å². The number of rotatable bonds is 8. The molecule has 0 aliphatic carbocycles. The molecule has 0 aliphatic heterocycles. The number of hydrogen-bond acceptors (Lipinski definition) is 2. The van der Waals surface area contributed by atoms with Crippen LogP contribution in [0, 0.1) is 0 Å². The zero-order chi connectivity index (χ0) is 18.2. The van der Waals surface area contributed by atoms with E-state index in [0.717, 1.165) is 35.2 Å². The highest BCUT2D eigenvalue weighted by Crippen LogP contribution is 2.20. The van der Waals surface area contributed by atoms with Crippen LogP contribution < -0.4 is 10.1 Å². The standard InChI is InChI=1S/C23H25NO2/c1-2-3-4-7-16-26-22-14-11-19(12-15-22)23(25)24-21-13-10-18-8-5-6-9-20(18)17-21/h5-6,8-15,17H,2-4,7,16H2,1H3,(H,24,25). The molecule has 1 N–H and O–H groups in total. The van der Waals surface area contributed by atoms with Crippen molar-refractivity contribution in [2.45, 2.75) is 32.6 Å². The zero-order valence-electron chi connectivity index (χ0n) is 15.2. The Labute approximate surface area is 155 Å². The molecule has 0 heterocycles. The van der Waals surface area contributed by atoms with Crippen LogP contribution in [-0.2, 0) is 0 Å². The third kappa shape index (κ3) is 4.85. The first-order chi connectivity index (χ1) is 12.8. The van der Waals surface area contributed by atoms with E-state index < -0.39 is 0 Å². The highest BCUT2D eigenvalue weighted by molar-refractivity contribution is 6.05. The van der Waals surface area contributed by atoms with E-state index >= 15 is 0 Å². The maximum absolute atomic E-state index is 12.4. The van der Waals surface area contributed by atoms with E-state index in [1.54, 1.807) is 12.1 Å². The molecule has 26 heavy (non-hydrogen) atoms. The molecule has 0 saturated heterocycles. The minimum atomic E-state index is -0.116. The first kappa shape index (κ1) is 18.0. The minimum absolute atomic E-state index is 0.116. The average molecular weight is 347 g/mol. The van der Waals surface area contributed by atoms with Gasteiger partial charge in [0.15, 0.2) is 0 Å². The van der Waals surface area contributed by atoms with Crippen molar-refractivity contribution in [2.24, 2.45) is 0 Å². The van der Waals surface area contributed by atoms with Gasteiger partial charge in [0.2, 0.25) is 0 Å². The Balaban J connectivity index is 1.57. The van der Waals surface area contributed by atoms with Crippen molar-refractivity contribution in [3.8, 4) is 5.75 Å². The highest BCUT2D eigenvalue weighted by atomic mass is 16.5. The second kappa shape index (κ2) is 9.04. The van der Waals surface area contributed by atoms with Gasteiger partial charge >= 0.3 is 0 Å². The topological polar surface area (TPSA) is 38.3 Å². The maximum atomic E-state index is 12.4. The van der Waals surface area contributed by atoms with Gasteiger partial charge in [-0.25, -0.2) is 0 Å². The average Bonchev–Trinajstić information content (AvgIpc) is 2.68. The summed E-state index contributed by atoms with van der Waals surface area (Å²) in [6, 6.07) is 21.3. The third-order valence-electron chi connectivity index (χ3n) is 4.39. The Bertz CT molecular complexity index is 855. The van der Waals surface area contributed by atoms with E-state index in [-0.39, 0.29) is 5.91 Å². The van der Waals surface area contributed by atoms with Crippen LogP contribution in [0.25, 0.3) is 10.8 Å². The Morgan fingerprint density at radius 3 is 2.42 bits per heavy atom. The predicted octanol–water partition coefficient (Wildman–Crippen LogP) is 6.05. The van der Waals surface area contributed by atoms with Crippen LogP contribution in [0.2, 0.25) is 0 Å². The van der Waals surface area contributed by atoms with Gasteiger partial charge in [0, 0.05) is 11.3 Å². The number of ether oxygens (including phenoxy) is 1. The summed E-state index contributed by atoms with van der Waals surface area (Å²) in [7, 11) is 0. The van der Waals surface area contributed by atoms with E-state index in [1.807, 2.05) is 48.5 Å². The van der Waals surface area contributed by atoms with E-state index in [0.29, 0.717) is 5.56 Å². The van der Waals surface area contributed by atoms with Gasteiger partial charge in [-0.1, -0.05) is 56.5 Å². The lowest BCUT2D eigenvalue weighted by atomic mass is 10.1. The van der Waals surface area contributed by atoms with Crippen LogP contribution in [0.15, 0.2) is 66.7 Å². The number of fused-ring (bicyclic) bond motifs is 1. The normalized spacial score (nSPS) is 10.7. The van der Waals surface area contributed by atoms with E-state index in [4.69, 9.17) is 4.74 Å². The molecule has 3 nitrogen and oxygen atoms in total. The van der Waals surface area contributed by atoms with Crippen LogP contribution in [0.5, 0.6) is 5.75 Å². The summed E-state index contributed by atoms with van der Waals surface area (Å²) in [5.74, 6) is 0.693. The number of unbranched alkanes of at least 4 members (excludes halogenated alkanes) is 3. The van der Waals surface area contributed by atoms with Gasteiger partial charge in [-0.2, -0.15) is 0 Å². The first-order valence-electron chi connectivity index (χ1n) is 9.29. The molecule has 0 aliphatic rings. The Morgan fingerprint density at radius 2 is 1.65 bits per heavy atom. The molecular weight excluding hydrogens is 322 g/mol. The Kier molecular flexibility index (Phi) is 6.26. The third-order valence-corrected chi connectivity index (χ3v) is 4.39. The second-order valence-electron chi connectivity index (χ2n) is 6.45. The lowest BCUT2D eigenvalue weighted by molar-refractivity contribution is 0.102. The van der Waals surface area contributed by atoms with Crippen LogP contribution in [0.3, 0.4) is 0 Å². The molecule has 0 saturated carbocycles. The number of amides is 1. The summed E-state index contributed by atoms with van der Waals surface area (Å²) in [6.07, 6.45) is 4.74. The van der Waals surface area contributed by atoms with Gasteiger partial charge in [0.1, 0.15) is 5.75 Å². The van der Waals surface area contributed by atoms with Gasteiger partial charge in [0.05, 0.1) is 6.61 Å². The largest absolute Gasteiger partial charge is 0.494 e. The number of anilines is 1. The highest BCUT2D eigenvalue weighted by Gasteiger charge is 2.07. The zero-order valence-corrected chi connectivity index (χ0v) is 15.2. The first-order valence-corrected chi connectivity index (χ1v) is 9.29. The molecule has 3 rings (SSSR count). The fourth-order valence-electron chi connectivity index (χ4n) is 2.89. The molecule has 0 fully saturated rings. The molecule has 0 spiro atoms. The molecule has 134 valence electrons. The summed E-state index contributed by atoms with van der Waals surface area (Å²) in [5, 5.41) is 5.22. The SMILES string of the molecule is CCCCCCOc1ccc(C(=O)Nc2ccc3ccccc3c2)cc1. The number of carbonyl (C=O) groups is 1. The van der Waals surface area contributed by atoms with Crippen molar-refractivity contribution in [3.05, 3.63) is 72.3 Å². The van der Waals surface area contributed by atoms with Crippen LogP contribution in [0.1, 0.15) is 43.0 Å². The second-order valence-corrected chi connectivity index (χ2v) is 6.45. The van der Waals surface area contributed by atoms with Gasteiger partial charge in [0.25, 0.3) is 5.91 Å². The number of benzene rings is 3.